The molecule has 1 fully saturated rings. The Morgan fingerprint density at radius 3 is 2.79 bits per heavy atom. The fourth-order valence-corrected chi connectivity index (χ4v) is 1.76. The lowest BCUT2D eigenvalue weighted by molar-refractivity contribution is 0.282. The van der Waals surface area contributed by atoms with Crippen LogP contribution in [-0.2, 0) is 6.61 Å². The Labute approximate surface area is 85.0 Å². The van der Waals surface area contributed by atoms with Crippen molar-refractivity contribution in [2.45, 2.75) is 32.4 Å². The van der Waals surface area contributed by atoms with Gasteiger partial charge in [0.1, 0.15) is 0 Å². The highest BCUT2D eigenvalue weighted by Gasteiger charge is 2.27. The van der Waals surface area contributed by atoms with Gasteiger partial charge in [-0.3, -0.25) is 0 Å². The zero-order valence-corrected chi connectivity index (χ0v) is 8.53. The van der Waals surface area contributed by atoms with E-state index >= 15 is 0 Å². The maximum absolute atomic E-state index is 9.15. The number of nitrogens with one attached hydrogen (secondary N) is 1. The summed E-state index contributed by atoms with van der Waals surface area (Å²) in [7, 11) is 0. The molecule has 0 heterocycles. The van der Waals surface area contributed by atoms with Crippen LogP contribution >= 0.6 is 0 Å². The number of rotatable bonds is 4. The summed E-state index contributed by atoms with van der Waals surface area (Å²) >= 11 is 0. The van der Waals surface area contributed by atoms with Gasteiger partial charge in [0.05, 0.1) is 6.61 Å². The number of hydrogen-bond acceptors (Lipinski definition) is 2. The molecule has 1 saturated carbocycles. The van der Waals surface area contributed by atoms with Gasteiger partial charge in [-0.05, 0) is 31.7 Å². The van der Waals surface area contributed by atoms with E-state index in [0.29, 0.717) is 6.04 Å². The zero-order chi connectivity index (χ0) is 9.97. The van der Waals surface area contributed by atoms with E-state index in [1.54, 1.807) is 0 Å². The van der Waals surface area contributed by atoms with Crippen LogP contribution in [0.15, 0.2) is 24.3 Å². The maximum Gasteiger partial charge on any atom is 0.0701 e. The van der Waals surface area contributed by atoms with Gasteiger partial charge < -0.3 is 10.4 Å². The van der Waals surface area contributed by atoms with Crippen LogP contribution in [-0.4, -0.2) is 11.1 Å². The van der Waals surface area contributed by atoms with Gasteiger partial charge in [0, 0.05) is 17.3 Å². The molecule has 0 unspecified atom stereocenters. The van der Waals surface area contributed by atoms with Crippen molar-refractivity contribution in [3.05, 3.63) is 29.8 Å². The highest BCUT2D eigenvalue weighted by Crippen LogP contribution is 2.34. The van der Waals surface area contributed by atoms with Gasteiger partial charge >= 0.3 is 0 Å². The van der Waals surface area contributed by atoms with E-state index in [0.717, 1.165) is 17.2 Å². The summed E-state index contributed by atoms with van der Waals surface area (Å²) in [4.78, 5) is 0. The SMILES string of the molecule is C[C@@H](Nc1ccccc1CO)C1CC1. The van der Waals surface area contributed by atoms with Crippen molar-refractivity contribution in [3.63, 3.8) is 0 Å². The van der Waals surface area contributed by atoms with Crippen molar-refractivity contribution in [3.8, 4) is 0 Å². The third-order valence-electron chi connectivity index (χ3n) is 2.90. The summed E-state index contributed by atoms with van der Waals surface area (Å²) in [5, 5.41) is 12.6. The molecule has 0 saturated heterocycles. The zero-order valence-electron chi connectivity index (χ0n) is 8.53. The molecule has 1 aliphatic carbocycles. The highest BCUT2D eigenvalue weighted by atomic mass is 16.3. The quantitative estimate of drug-likeness (QED) is 0.766. The molecule has 0 bridgehead atoms. The predicted octanol–water partition coefficient (Wildman–Crippen LogP) is 2.39. The van der Waals surface area contributed by atoms with E-state index in [9.17, 15) is 0 Å². The molecule has 1 atom stereocenters. The predicted molar refractivity (Wildman–Crippen MR) is 58.2 cm³/mol. The highest BCUT2D eigenvalue weighted by molar-refractivity contribution is 5.51. The minimum Gasteiger partial charge on any atom is -0.392 e. The van der Waals surface area contributed by atoms with Gasteiger partial charge in [0.15, 0.2) is 0 Å². The summed E-state index contributed by atoms with van der Waals surface area (Å²) < 4.78 is 0. The second-order valence-electron chi connectivity index (χ2n) is 4.09. The molecule has 0 radical (unpaired) electrons. The Bertz CT molecular complexity index is 307. The molecule has 2 N–H and O–H groups in total. The molecule has 0 aromatic heterocycles. The summed E-state index contributed by atoms with van der Waals surface area (Å²) in [6, 6.07) is 8.48. The summed E-state index contributed by atoms with van der Waals surface area (Å²) in [5.41, 5.74) is 2.06. The Balaban J connectivity index is 2.06. The molecular formula is C12H17NO. The van der Waals surface area contributed by atoms with Crippen molar-refractivity contribution < 1.29 is 5.11 Å². The fraction of sp³-hybridized carbons (Fsp3) is 0.500. The fourth-order valence-electron chi connectivity index (χ4n) is 1.76. The molecule has 0 aliphatic heterocycles. The second-order valence-corrected chi connectivity index (χ2v) is 4.09. The molecule has 1 aromatic rings. The van der Waals surface area contributed by atoms with Crippen LogP contribution in [0.4, 0.5) is 5.69 Å². The van der Waals surface area contributed by atoms with Crippen LogP contribution in [0.3, 0.4) is 0 Å². The van der Waals surface area contributed by atoms with E-state index in [4.69, 9.17) is 5.11 Å². The van der Waals surface area contributed by atoms with E-state index in [1.807, 2.05) is 24.3 Å². The van der Waals surface area contributed by atoms with Crippen LogP contribution in [0.2, 0.25) is 0 Å². The first-order chi connectivity index (χ1) is 6.81. The molecule has 0 spiro atoms. The average Bonchev–Trinajstić information content (AvgIpc) is 3.02. The second kappa shape index (κ2) is 4.01. The van der Waals surface area contributed by atoms with Crippen LogP contribution in [0.1, 0.15) is 25.3 Å². The smallest absolute Gasteiger partial charge is 0.0701 e. The van der Waals surface area contributed by atoms with Crippen molar-refractivity contribution in [1.29, 1.82) is 0 Å². The number of benzene rings is 1. The normalized spacial score (nSPS) is 17.9. The summed E-state index contributed by atoms with van der Waals surface area (Å²) in [6.45, 7) is 2.33. The van der Waals surface area contributed by atoms with Gasteiger partial charge in [0.25, 0.3) is 0 Å². The van der Waals surface area contributed by atoms with Crippen LogP contribution in [0.25, 0.3) is 0 Å². The van der Waals surface area contributed by atoms with Crippen LogP contribution in [0.5, 0.6) is 0 Å². The number of para-hydroxylation sites is 1. The summed E-state index contributed by atoms with van der Waals surface area (Å²) in [5.74, 6) is 0.835. The minimum absolute atomic E-state index is 0.112. The van der Waals surface area contributed by atoms with Gasteiger partial charge in [-0.15, -0.1) is 0 Å². The van der Waals surface area contributed by atoms with E-state index in [-0.39, 0.29) is 6.61 Å². The Hall–Kier alpha value is -1.02. The monoisotopic (exact) mass is 191 g/mol. The van der Waals surface area contributed by atoms with Crippen molar-refractivity contribution in [2.24, 2.45) is 5.92 Å². The first kappa shape index (κ1) is 9.53. The third kappa shape index (κ3) is 2.07. The lowest BCUT2D eigenvalue weighted by Gasteiger charge is -2.16. The number of hydrogen-bond donors (Lipinski definition) is 2. The van der Waals surface area contributed by atoms with Crippen LogP contribution < -0.4 is 5.32 Å². The molecule has 2 nitrogen and oxygen atoms in total. The number of anilines is 1. The van der Waals surface area contributed by atoms with Crippen molar-refractivity contribution in [2.75, 3.05) is 5.32 Å². The summed E-state index contributed by atoms with van der Waals surface area (Å²) in [6.07, 6.45) is 2.69. The molecule has 76 valence electrons. The van der Waals surface area contributed by atoms with E-state index in [2.05, 4.69) is 12.2 Å². The van der Waals surface area contributed by atoms with Gasteiger partial charge in [-0.1, -0.05) is 18.2 Å². The first-order valence-corrected chi connectivity index (χ1v) is 5.26. The molecule has 1 aromatic carbocycles. The standard InChI is InChI=1S/C12H17NO/c1-9(10-6-7-10)13-12-5-3-2-4-11(12)8-14/h2-5,9-10,13-14H,6-8H2,1H3/t9-/m1/s1. The molecule has 2 rings (SSSR count). The first-order valence-electron chi connectivity index (χ1n) is 5.26. The van der Waals surface area contributed by atoms with Crippen molar-refractivity contribution >= 4 is 5.69 Å². The molecule has 1 aliphatic rings. The van der Waals surface area contributed by atoms with Crippen LogP contribution in [0, 0.1) is 5.92 Å². The van der Waals surface area contributed by atoms with Crippen molar-refractivity contribution in [1.82, 2.24) is 0 Å². The lowest BCUT2D eigenvalue weighted by atomic mass is 10.1. The van der Waals surface area contributed by atoms with E-state index in [1.165, 1.54) is 12.8 Å². The largest absolute Gasteiger partial charge is 0.392 e. The number of aliphatic hydroxyl groups is 1. The van der Waals surface area contributed by atoms with Gasteiger partial charge in [0.2, 0.25) is 0 Å². The number of aliphatic hydroxyl groups excluding tert-OH is 1. The minimum atomic E-state index is 0.112. The molecule has 0 amide bonds. The molecule has 14 heavy (non-hydrogen) atoms. The molecular weight excluding hydrogens is 174 g/mol. The molecule has 2 heteroatoms. The Morgan fingerprint density at radius 1 is 1.43 bits per heavy atom. The van der Waals surface area contributed by atoms with Gasteiger partial charge in [-0.25, -0.2) is 0 Å². The average molecular weight is 191 g/mol. The van der Waals surface area contributed by atoms with Gasteiger partial charge in [-0.2, -0.15) is 0 Å². The maximum atomic E-state index is 9.15. The topological polar surface area (TPSA) is 32.3 Å². The Kier molecular flexibility index (Phi) is 2.73. The Morgan fingerprint density at radius 2 is 2.14 bits per heavy atom. The van der Waals surface area contributed by atoms with E-state index < -0.39 is 0 Å². The lowest BCUT2D eigenvalue weighted by Crippen LogP contribution is -2.18. The third-order valence-corrected chi connectivity index (χ3v) is 2.90.